The number of hydrogen-bond donors (Lipinski definition) is 1. The summed E-state index contributed by atoms with van der Waals surface area (Å²) in [6, 6.07) is 5.66. The summed E-state index contributed by atoms with van der Waals surface area (Å²) >= 11 is 0. The van der Waals surface area contributed by atoms with Crippen molar-refractivity contribution in [2.24, 2.45) is 0 Å². The van der Waals surface area contributed by atoms with E-state index in [0.717, 1.165) is 12.2 Å². The first kappa shape index (κ1) is 15.0. The van der Waals surface area contributed by atoms with Gasteiger partial charge < -0.3 is 10.2 Å². The van der Waals surface area contributed by atoms with E-state index in [1.54, 1.807) is 17.2 Å². The van der Waals surface area contributed by atoms with Crippen LogP contribution in [0.5, 0.6) is 0 Å². The van der Waals surface area contributed by atoms with Crippen molar-refractivity contribution < 1.29 is 4.79 Å². The maximum absolute atomic E-state index is 12.3. The minimum atomic E-state index is -0.131. The Morgan fingerprint density at radius 3 is 2.74 bits per heavy atom. The van der Waals surface area contributed by atoms with E-state index in [9.17, 15) is 4.79 Å². The molecule has 1 rings (SSSR count). The highest BCUT2D eigenvalue weighted by atomic mass is 16.2. The van der Waals surface area contributed by atoms with Gasteiger partial charge in [-0.15, -0.1) is 0 Å². The van der Waals surface area contributed by atoms with Crippen LogP contribution in [0.25, 0.3) is 0 Å². The van der Waals surface area contributed by atoms with Crippen LogP contribution < -0.4 is 5.32 Å². The Kier molecular flexibility index (Phi) is 5.80. The maximum atomic E-state index is 12.3. The fourth-order valence-corrected chi connectivity index (χ4v) is 1.74. The van der Waals surface area contributed by atoms with Crippen molar-refractivity contribution in [1.29, 1.82) is 5.26 Å². The number of nitriles is 1. The Hall–Kier alpha value is -2.09. The highest BCUT2D eigenvalue weighted by Crippen LogP contribution is 2.10. The lowest BCUT2D eigenvalue weighted by atomic mass is 10.2. The van der Waals surface area contributed by atoms with Crippen molar-refractivity contribution in [3.63, 3.8) is 0 Å². The zero-order valence-electron chi connectivity index (χ0n) is 11.7. The number of rotatable bonds is 6. The van der Waals surface area contributed by atoms with E-state index in [-0.39, 0.29) is 11.9 Å². The molecule has 0 saturated heterocycles. The number of carbonyl (C=O) groups excluding carboxylic acids is 1. The lowest BCUT2D eigenvalue weighted by Gasteiger charge is -2.25. The molecule has 0 aliphatic carbocycles. The average molecular weight is 260 g/mol. The van der Waals surface area contributed by atoms with Crippen LogP contribution in [0.3, 0.4) is 0 Å². The van der Waals surface area contributed by atoms with Crippen LogP contribution in [0.1, 0.15) is 37.7 Å². The lowest BCUT2D eigenvalue weighted by molar-refractivity contribution is 0.0704. The highest BCUT2D eigenvalue weighted by Gasteiger charge is 2.19. The summed E-state index contributed by atoms with van der Waals surface area (Å²) in [5, 5.41) is 11.8. The van der Waals surface area contributed by atoms with Crippen molar-refractivity contribution in [2.45, 2.75) is 33.2 Å². The van der Waals surface area contributed by atoms with Gasteiger partial charge in [-0.25, -0.2) is 4.98 Å². The van der Waals surface area contributed by atoms with Gasteiger partial charge in [-0.1, -0.05) is 0 Å². The van der Waals surface area contributed by atoms with Gasteiger partial charge in [0.2, 0.25) is 0 Å². The normalized spacial score (nSPS) is 10.1. The summed E-state index contributed by atoms with van der Waals surface area (Å²) in [4.78, 5) is 18.1. The summed E-state index contributed by atoms with van der Waals surface area (Å²) < 4.78 is 0. The van der Waals surface area contributed by atoms with E-state index in [4.69, 9.17) is 5.26 Å². The Bertz CT molecular complexity index is 448. The Labute approximate surface area is 114 Å². The van der Waals surface area contributed by atoms with Crippen molar-refractivity contribution in [2.75, 3.05) is 18.4 Å². The molecule has 5 nitrogen and oxygen atoms in total. The SMILES string of the molecule is CCNc1ccc(C(=O)N(CCC#N)C(C)C)nc1. The first-order chi connectivity index (χ1) is 9.10. The Morgan fingerprint density at radius 1 is 1.53 bits per heavy atom. The first-order valence-electron chi connectivity index (χ1n) is 6.48. The Balaban J connectivity index is 2.81. The Morgan fingerprint density at radius 2 is 2.26 bits per heavy atom. The molecular weight excluding hydrogens is 240 g/mol. The number of aromatic nitrogens is 1. The van der Waals surface area contributed by atoms with Gasteiger partial charge in [0.25, 0.3) is 5.91 Å². The van der Waals surface area contributed by atoms with Crippen LogP contribution in [-0.2, 0) is 0 Å². The molecule has 0 spiro atoms. The molecule has 1 N–H and O–H groups in total. The summed E-state index contributed by atoms with van der Waals surface area (Å²) in [5.74, 6) is -0.131. The monoisotopic (exact) mass is 260 g/mol. The summed E-state index contributed by atoms with van der Waals surface area (Å²) in [5.41, 5.74) is 1.31. The largest absolute Gasteiger partial charge is 0.384 e. The third kappa shape index (κ3) is 4.25. The van der Waals surface area contributed by atoms with Crippen LogP contribution >= 0.6 is 0 Å². The van der Waals surface area contributed by atoms with Gasteiger partial charge in [0.1, 0.15) is 5.69 Å². The van der Waals surface area contributed by atoms with Crippen LogP contribution in [0.2, 0.25) is 0 Å². The number of hydrogen-bond acceptors (Lipinski definition) is 4. The van der Waals surface area contributed by atoms with Crippen molar-refractivity contribution >= 4 is 11.6 Å². The summed E-state index contributed by atoms with van der Waals surface area (Å²) in [6.45, 7) is 7.12. The zero-order chi connectivity index (χ0) is 14.3. The number of nitrogens with one attached hydrogen (secondary N) is 1. The van der Waals surface area contributed by atoms with E-state index in [0.29, 0.717) is 18.7 Å². The van der Waals surface area contributed by atoms with E-state index >= 15 is 0 Å². The third-order valence-electron chi connectivity index (χ3n) is 2.71. The molecule has 102 valence electrons. The van der Waals surface area contributed by atoms with Gasteiger partial charge in [-0.05, 0) is 32.9 Å². The lowest BCUT2D eigenvalue weighted by Crippen LogP contribution is -2.38. The third-order valence-corrected chi connectivity index (χ3v) is 2.71. The van der Waals surface area contributed by atoms with Crippen molar-refractivity contribution in [1.82, 2.24) is 9.88 Å². The topological polar surface area (TPSA) is 69.0 Å². The number of anilines is 1. The van der Waals surface area contributed by atoms with Gasteiger partial charge in [0, 0.05) is 19.1 Å². The first-order valence-corrected chi connectivity index (χ1v) is 6.48. The second-order valence-electron chi connectivity index (χ2n) is 4.46. The maximum Gasteiger partial charge on any atom is 0.272 e. The van der Waals surface area contributed by atoms with Crippen LogP contribution in [0.15, 0.2) is 18.3 Å². The van der Waals surface area contributed by atoms with Gasteiger partial charge >= 0.3 is 0 Å². The zero-order valence-corrected chi connectivity index (χ0v) is 11.7. The van der Waals surface area contributed by atoms with Gasteiger partial charge in [0.15, 0.2) is 0 Å². The van der Waals surface area contributed by atoms with E-state index in [1.165, 1.54) is 0 Å². The number of amides is 1. The molecule has 0 atom stereocenters. The molecule has 0 aliphatic rings. The molecule has 0 fully saturated rings. The molecule has 1 aromatic heterocycles. The summed E-state index contributed by atoms with van der Waals surface area (Å²) in [7, 11) is 0. The van der Waals surface area contributed by atoms with E-state index in [1.807, 2.05) is 26.8 Å². The molecule has 0 aliphatic heterocycles. The van der Waals surface area contributed by atoms with Crippen LogP contribution in [0, 0.1) is 11.3 Å². The second kappa shape index (κ2) is 7.37. The quantitative estimate of drug-likeness (QED) is 0.852. The molecule has 0 saturated carbocycles. The molecule has 0 unspecified atom stereocenters. The minimum Gasteiger partial charge on any atom is -0.384 e. The minimum absolute atomic E-state index is 0.0519. The second-order valence-corrected chi connectivity index (χ2v) is 4.46. The molecule has 1 heterocycles. The number of carbonyl (C=O) groups is 1. The predicted molar refractivity (Wildman–Crippen MR) is 74.8 cm³/mol. The van der Waals surface area contributed by atoms with Gasteiger partial charge in [-0.3, -0.25) is 4.79 Å². The van der Waals surface area contributed by atoms with Crippen LogP contribution in [0.4, 0.5) is 5.69 Å². The van der Waals surface area contributed by atoms with Crippen molar-refractivity contribution in [3.05, 3.63) is 24.0 Å². The van der Waals surface area contributed by atoms with Crippen molar-refractivity contribution in [3.8, 4) is 6.07 Å². The number of pyridine rings is 1. The van der Waals surface area contributed by atoms with E-state index in [2.05, 4.69) is 16.4 Å². The molecule has 5 heteroatoms. The smallest absolute Gasteiger partial charge is 0.272 e. The van der Waals surface area contributed by atoms with Crippen LogP contribution in [-0.4, -0.2) is 34.9 Å². The highest BCUT2D eigenvalue weighted by molar-refractivity contribution is 5.92. The molecular formula is C14H20N4O. The fourth-order valence-electron chi connectivity index (χ4n) is 1.74. The van der Waals surface area contributed by atoms with Gasteiger partial charge in [0.05, 0.1) is 24.4 Å². The predicted octanol–water partition coefficient (Wildman–Crippen LogP) is 2.28. The molecule has 1 aromatic rings. The summed E-state index contributed by atoms with van der Waals surface area (Å²) in [6.07, 6.45) is 1.99. The fraction of sp³-hybridized carbons (Fsp3) is 0.500. The molecule has 0 bridgehead atoms. The number of nitrogens with zero attached hydrogens (tertiary/aromatic N) is 3. The molecule has 0 aromatic carbocycles. The average Bonchev–Trinajstić information content (AvgIpc) is 2.40. The molecule has 1 amide bonds. The molecule has 0 radical (unpaired) electrons. The molecule has 19 heavy (non-hydrogen) atoms. The van der Waals surface area contributed by atoms with E-state index < -0.39 is 0 Å². The van der Waals surface area contributed by atoms with Gasteiger partial charge in [-0.2, -0.15) is 5.26 Å². The standard InChI is InChI=1S/C14H20N4O/c1-4-16-12-6-7-13(17-10-12)14(19)18(11(2)3)9-5-8-15/h6-7,10-11,16H,4-5,9H2,1-3H3.